The summed E-state index contributed by atoms with van der Waals surface area (Å²) in [5.74, 6) is 0. The van der Waals surface area contributed by atoms with Crippen LogP contribution in [0, 0.1) is 6.92 Å². The van der Waals surface area contributed by atoms with E-state index in [1.54, 1.807) is 0 Å². The lowest BCUT2D eigenvalue weighted by Crippen LogP contribution is -2.44. The summed E-state index contributed by atoms with van der Waals surface area (Å²) in [5, 5.41) is 3.50. The fourth-order valence-electron chi connectivity index (χ4n) is 2.99. The van der Waals surface area contributed by atoms with Crippen LogP contribution in [0.4, 0.5) is 4.79 Å². The van der Waals surface area contributed by atoms with Gasteiger partial charge in [0.2, 0.25) is 0 Å². The molecule has 1 unspecified atom stereocenters. The molecule has 2 rings (SSSR count). The van der Waals surface area contributed by atoms with Crippen LogP contribution in [0.25, 0.3) is 0 Å². The molecule has 0 radical (unpaired) electrons. The van der Waals surface area contributed by atoms with Gasteiger partial charge in [0.25, 0.3) is 0 Å². The van der Waals surface area contributed by atoms with Gasteiger partial charge in [0.1, 0.15) is 5.60 Å². The number of hydrogen-bond acceptors (Lipinski definition) is 3. The van der Waals surface area contributed by atoms with E-state index in [4.69, 9.17) is 4.74 Å². The standard InChI is InChI=1S/C19H30N2O2/c1-15-8-5-6-9-16(15)11-12-20-14-17-10-7-13-21(17)18(22)23-19(2,3)4/h5-6,8-9,17,20H,7,10-14H2,1-4H3. The number of carbonyl (C=O) groups is 1. The van der Waals surface area contributed by atoms with Crippen molar-refractivity contribution in [2.75, 3.05) is 19.6 Å². The summed E-state index contributed by atoms with van der Waals surface area (Å²) in [5.41, 5.74) is 2.30. The Balaban J connectivity index is 1.76. The predicted octanol–water partition coefficient (Wildman–Crippen LogP) is 3.53. The van der Waals surface area contributed by atoms with E-state index in [-0.39, 0.29) is 12.1 Å². The summed E-state index contributed by atoms with van der Waals surface area (Å²) in [6.07, 6.45) is 2.95. The van der Waals surface area contributed by atoms with E-state index in [2.05, 4.69) is 36.5 Å². The van der Waals surface area contributed by atoms with Crippen LogP contribution in [0.15, 0.2) is 24.3 Å². The second kappa shape index (κ2) is 7.82. The number of hydrogen-bond donors (Lipinski definition) is 1. The fraction of sp³-hybridized carbons (Fsp3) is 0.632. The Bertz CT molecular complexity index is 522. The maximum absolute atomic E-state index is 12.2. The third-order valence-electron chi connectivity index (χ3n) is 4.22. The molecule has 1 aromatic rings. The van der Waals surface area contributed by atoms with Crippen molar-refractivity contribution in [2.45, 2.75) is 58.6 Å². The Morgan fingerprint density at radius 1 is 1.35 bits per heavy atom. The third kappa shape index (κ3) is 5.54. The first kappa shape index (κ1) is 17.8. The number of ether oxygens (including phenoxy) is 1. The minimum Gasteiger partial charge on any atom is -0.444 e. The molecule has 0 aliphatic carbocycles. The van der Waals surface area contributed by atoms with Gasteiger partial charge in [-0.2, -0.15) is 0 Å². The van der Waals surface area contributed by atoms with E-state index in [0.29, 0.717) is 0 Å². The summed E-state index contributed by atoms with van der Waals surface area (Å²) >= 11 is 0. The van der Waals surface area contributed by atoms with Gasteiger partial charge in [-0.15, -0.1) is 0 Å². The molecule has 128 valence electrons. The molecule has 1 atom stereocenters. The largest absolute Gasteiger partial charge is 0.444 e. The first-order valence-electron chi connectivity index (χ1n) is 8.61. The van der Waals surface area contributed by atoms with Crippen molar-refractivity contribution in [2.24, 2.45) is 0 Å². The minimum atomic E-state index is -0.428. The summed E-state index contributed by atoms with van der Waals surface area (Å²) in [6.45, 7) is 10.5. The Labute approximate surface area is 140 Å². The number of benzene rings is 1. The van der Waals surface area contributed by atoms with Gasteiger partial charge in [-0.3, -0.25) is 0 Å². The van der Waals surface area contributed by atoms with Crippen LogP contribution in [-0.4, -0.2) is 42.3 Å². The second-order valence-corrected chi connectivity index (χ2v) is 7.35. The zero-order valence-electron chi connectivity index (χ0n) is 14.9. The van der Waals surface area contributed by atoms with E-state index >= 15 is 0 Å². The third-order valence-corrected chi connectivity index (χ3v) is 4.22. The van der Waals surface area contributed by atoms with Gasteiger partial charge in [0.15, 0.2) is 0 Å². The monoisotopic (exact) mass is 318 g/mol. The molecule has 1 saturated heterocycles. The molecule has 1 aliphatic heterocycles. The number of nitrogens with zero attached hydrogens (tertiary/aromatic N) is 1. The highest BCUT2D eigenvalue weighted by Crippen LogP contribution is 2.20. The van der Waals surface area contributed by atoms with E-state index < -0.39 is 5.60 Å². The van der Waals surface area contributed by atoms with Gasteiger partial charge in [-0.05, 0) is 64.6 Å². The van der Waals surface area contributed by atoms with Crippen molar-refractivity contribution in [3.8, 4) is 0 Å². The molecule has 4 nitrogen and oxygen atoms in total. The smallest absolute Gasteiger partial charge is 0.410 e. The number of rotatable bonds is 5. The van der Waals surface area contributed by atoms with Crippen LogP contribution >= 0.6 is 0 Å². The van der Waals surface area contributed by atoms with Crippen LogP contribution in [0.3, 0.4) is 0 Å². The highest BCUT2D eigenvalue weighted by Gasteiger charge is 2.31. The maximum atomic E-state index is 12.2. The summed E-state index contributed by atoms with van der Waals surface area (Å²) in [6, 6.07) is 8.74. The molecule has 1 fully saturated rings. The van der Waals surface area contributed by atoms with Crippen molar-refractivity contribution in [3.63, 3.8) is 0 Å². The zero-order chi connectivity index (χ0) is 16.9. The van der Waals surface area contributed by atoms with Gasteiger partial charge in [0, 0.05) is 19.1 Å². The molecule has 1 amide bonds. The van der Waals surface area contributed by atoms with Crippen molar-refractivity contribution in [1.29, 1.82) is 0 Å². The number of likely N-dealkylation sites (tertiary alicyclic amines) is 1. The highest BCUT2D eigenvalue weighted by molar-refractivity contribution is 5.69. The molecule has 1 N–H and O–H groups in total. The lowest BCUT2D eigenvalue weighted by Gasteiger charge is -2.28. The molecule has 1 aliphatic rings. The molecule has 1 aromatic carbocycles. The average molecular weight is 318 g/mol. The first-order valence-corrected chi connectivity index (χ1v) is 8.61. The van der Waals surface area contributed by atoms with Crippen LogP contribution in [0.1, 0.15) is 44.7 Å². The Morgan fingerprint density at radius 3 is 2.78 bits per heavy atom. The quantitative estimate of drug-likeness (QED) is 0.845. The Hall–Kier alpha value is -1.55. The van der Waals surface area contributed by atoms with Crippen molar-refractivity contribution in [3.05, 3.63) is 35.4 Å². The molecule has 0 bridgehead atoms. The molecule has 1 heterocycles. The molecule has 0 saturated carbocycles. The molecule has 0 spiro atoms. The Kier molecular flexibility index (Phi) is 6.05. The van der Waals surface area contributed by atoms with Crippen LogP contribution < -0.4 is 5.32 Å². The predicted molar refractivity (Wildman–Crippen MR) is 93.7 cm³/mol. The SMILES string of the molecule is Cc1ccccc1CCNCC1CCCN1C(=O)OC(C)(C)C. The van der Waals surface area contributed by atoms with E-state index in [1.165, 1.54) is 11.1 Å². The summed E-state index contributed by atoms with van der Waals surface area (Å²) < 4.78 is 5.50. The van der Waals surface area contributed by atoms with Gasteiger partial charge >= 0.3 is 6.09 Å². The van der Waals surface area contributed by atoms with E-state index in [0.717, 1.165) is 38.9 Å². The molecular formula is C19H30N2O2. The lowest BCUT2D eigenvalue weighted by molar-refractivity contribution is 0.0227. The fourth-order valence-corrected chi connectivity index (χ4v) is 2.99. The molecular weight excluding hydrogens is 288 g/mol. The topological polar surface area (TPSA) is 41.6 Å². The molecule has 23 heavy (non-hydrogen) atoms. The van der Waals surface area contributed by atoms with E-state index in [9.17, 15) is 4.79 Å². The van der Waals surface area contributed by atoms with Gasteiger partial charge in [-0.1, -0.05) is 24.3 Å². The van der Waals surface area contributed by atoms with Crippen molar-refractivity contribution < 1.29 is 9.53 Å². The number of aryl methyl sites for hydroxylation is 1. The van der Waals surface area contributed by atoms with Gasteiger partial charge in [0.05, 0.1) is 0 Å². The number of carbonyl (C=O) groups excluding carboxylic acids is 1. The summed E-state index contributed by atoms with van der Waals surface area (Å²) in [7, 11) is 0. The van der Waals surface area contributed by atoms with Gasteiger partial charge < -0.3 is 15.0 Å². The lowest BCUT2D eigenvalue weighted by atomic mass is 10.1. The minimum absolute atomic E-state index is 0.180. The van der Waals surface area contributed by atoms with Crippen LogP contribution in [0.5, 0.6) is 0 Å². The number of nitrogens with one attached hydrogen (secondary N) is 1. The van der Waals surface area contributed by atoms with Crippen molar-refractivity contribution in [1.82, 2.24) is 10.2 Å². The second-order valence-electron chi connectivity index (χ2n) is 7.35. The highest BCUT2D eigenvalue weighted by atomic mass is 16.6. The average Bonchev–Trinajstić information content (AvgIpc) is 2.92. The van der Waals surface area contributed by atoms with Crippen molar-refractivity contribution >= 4 is 6.09 Å². The zero-order valence-corrected chi connectivity index (χ0v) is 14.9. The maximum Gasteiger partial charge on any atom is 0.410 e. The van der Waals surface area contributed by atoms with Crippen LogP contribution in [-0.2, 0) is 11.2 Å². The number of amides is 1. The first-order chi connectivity index (χ1) is 10.9. The van der Waals surface area contributed by atoms with Crippen LogP contribution in [0.2, 0.25) is 0 Å². The molecule has 4 heteroatoms. The molecule has 0 aromatic heterocycles. The van der Waals surface area contributed by atoms with E-state index in [1.807, 2.05) is 25.7 Å². The Morgan fingerprint density at radius 2 is 2.09 bits per heavy atom. The summed E-state index contributed by atoms with van der Waals surface area (Å²) in [4.78, 5) is 14.1. The van der Waals surface area contributed by atoms with Gasteiger partial charge in [-0.25, -0.2) is 4.79 Å². The normalized spacial score (nSPS) is 18.3.